The van der Waals surface area contributed by atoms with Crippen molar-refractivity contribution in [2.24, 2.45) is 11.7 Å². The van der Waals surface area contributed by atoms with E-state index in [1.165, 1.54) is 0 Å². The number of halogens is 3. The molecule has 0 heterocycles. The summed E-state index contributed by atoms with van der Waals surface area (Å²) in [5.41, 5.74) is 5.34. The number of rotatable bonds is 7. The summed E-state index contributed by atoms with van der Waals surface area (Å²) in [7, 11) is 0. The van der Waals surface area contributed by atoms with Crippen molar-refractivity contribution in [2.45, 2.75) is 32.4 Å². The molecule has 2 nitrogen and oxygen atoms in total. The van der Waals surface area contributed by atoms with Gasteiger partial charge in [0.1, 0.15) is 0 Å². The normalized spacial score (nSPS) is 14.4. The molecule has 0 fully saturated rings. The van der Waals surface area contributed by atoms with Crippen molar-refractivity contribution in [1.29, 1.82) is 0 Å². The van der Waals surface area contributed by atoms with Crippen LogP contribution in [0.1, 0.15) is 26.2 Å². The molecule has 14 heavy (non-hydrogen) atoms. The Balaban J connectivity index is 3.21. The van der Waals surface area contributed by atoms with Gasteiger partial charge < -0.3 is 11.1 Å². The second-order valence-electron chi connectivity index (χ2n) is 3.61. The minimum atomic E-state index is -4.02. The molecule has 0 radical (unpaired) electrons. The standard InChI is InChI=1S/C9H19F3N2/c1-8(3-5-13)7-14-6-2-4-9(10,11)12/h8,14H,2-7,13H2,1H3. The maximum absolute atomic E-state index is 11.7. The van der Waals surface area contributed by atoms with Crippen LogP contribution in [0.25, 0.3) is 0 Å². The Kier molecular flexibility index (Phi) is 6.92. The summed E-state index contributed by atoms with van der Waals surface area (Å²) in [4.78, 5) is 0. The number of alkyl halides is 3. The zero-order chi connectivity index (χ0) is 11.0. The number of nitrogens with two attached hydrogens (primary N) is 1. The molecule has 0 aliphatic rings. The van der Waals surface area contributed by atoms with Gasteiger partial charge in [-0.1, -0.05) is 6.92 Å². The summed E-state index contributed by atoms with van der Waals surface area (Å²) in [6.07, 6.45) is -3.67. The molecule has 0 aliphatic carbocycles. The highest BCUT2D eigenvalue weighted by molar-refractivity contribution is 4.59. The molecule has 0 rings (SSSR count). The van der Waals surface area contributed by atoms with Crippen LogP contribution in [0.4, 0.5) is 13.2 Å². The Bertz CT molecular complexity index is 137. The second-order valence-corrected chi connectivity index (χ2v) is 3.61. The number of hydrogen-bond donors (Lipinski definition) is 2. The van der Waals surface area contributed by atoms with Gasteiger partial charge in [0.25, 0.3) is 0 Å². The van der Waals surface area contributed by atoms with Gasteiger partial charge in [0.2, 0.25) is 0 Å². The van der Waals surface area contributed by atoms with Crippen molar-refractivity contribution in [3.05, 3.63) is 0 Å². The van der Waals surface area contributed by atoms with E-state index >= 15 is 0 Å². The molecule has 0 aromatic rings. The Morgan fingerprint density at radius 1 is 1.36 bits per heavy atom. The van der Waals surface area contributed by atoms with E-state index in [9.17, 15) is 13.2 Å². The van der Waals surface area contributed by atoms with E-state index < -0.39 is 12.6 Å². The van der Waals surface area contributed by atoms with E-state index in [0.717, 1.165) is 13.0 Å². The molecule has 1 unspecified atom stereocenters. The van der Waals surface area contributed by atoms with Gasteiger partial charge >= 0.3 is 6.18 Å². The largest absolute Gasteiger partial charge is 0.389 e. The van der Waals surface area contributed by atoms with Gasteiger partial charge in [-0.05, 0) is 38.4 Å². The summed E-state index contributed by atoms with van der Waals surface area (Å²) in [6, 6.07) is 0. The monoisotopic (exact) mass is 212 g/mol. The molecule has 0 aromatic carbocycles. The Morgan fingerprint density at radius 2 is 2.00 bits per heavy atom. The molecule has 0 saturated carbocycles. The van der Waals surface area contributed by atoms with Crippen LogP contribution in [0.5, 0.6) is 0 Å². The van der Waals surface area contributed by atoms with Gasteiger partial charge in [-0.3, -0.25) is 0 Å². The third-order valence-corrected chi connectivity index (χ3v) is 1.97. The van der Waals surface area contributed by atoms with Crippen molar-refractivity contribution in [3.8, 4) is 0 Å². The SMILES string of the molecule is CC(CCN)CNCCCC(F)(F)F. The number of hydrogen-bond acceptors (Lipinski definition) is 2. The highest BCUT2D eigenvalue weighted by Gasteiger charge is 2.25. The highest BCUT2D eigenvalue weighted by atomic mass is 19.4. The van der Waals surface area contributed by atoms with Gasteiger partial charge in [0.15, 0.2) is 0 Å². The van der Waals surface area contributed by atoms with E-state index in [1.807, 2.05) is 6.92 Å². The number of nitrogens with one attached hydrogen (secondary N) is 1. The smallest absolute Gasteiger partial charge is 0.330 e. The molecular weight excluding hydrogens is 193 g/mol. The van der Waals surface area contributed by atoms with Crippen LogP contribution in [-0.4, -0.2) is 25.8 Å². The molecule has 0 amide bonds. The molecule has 0 saturated heterocycles. The molecule has 3 N–H and O–H groups in total. The molecular formula is C9H19F3N2. The summed E-state index contributed by atoms with van der Waals surface area (Å²) >= 11 is 0. The Hall–Kier alpha value is -0.290. The van der Waals surface area contributed by atoms with Crippen molar-refractivity contribution >= 4 is 0 Å². The lowest BCUT2D eigenvalue weighted by Gasteiger charge is -2.11. The maximum Gasteiger partial charge on any atom is 0.389 e. The third kappa shape index (κ3) is 9.80. The van der Waals surface area contributed by atoms with Gasteiger partial charge in [0, 0.05) is 6.42 Å². The van der Waals surface area contributed by atoms with E-state index in [0.29, 0.717) is 19.0 Å². The fourth-order valence-electron chi connectivity index (χ4n) is 1.15. The summed E-state index contributed by atoms with van der Waals surface area (Å²) in [5, 5.41) is 2.99. The zero-order valence-electron chi connectivity index (χ0n) is 8.53. The first-order valence-electron chi connectivity index (χ1n) is 4.93. The van der Waals surface area contributed by atoms with E-state index in [2.05, 4.69) is 5.32 Å². The van der Waals surface area contributed by atoms with Crippen LogP contribution in [0.3, 0.4) is 0 Å². The minimum Gasteiger partial charge on any atom is -0.330 e. The summed E-state index contributed by atoms with van der Waals surface area (Å²) < 4.78 is 35.2. The lowest BCUT2D eigenvalue weighted by Crippen LogP contribution is -2.24. The lowest BCUT2D eigenvalue weighted by atomic mass is 10.1. The second kappa shape index (κ2) is 7.06. The molecule has 5 heteroatoms. The molecule has 0 aromatic heterocycles. The van der Waals surface area contributed by atoms with E-state index in [-0.39, 0.29) is 6.42 Å². The Labute approximate surface area is 83.0 Å². The predicted octanol–water partition coefficient (Wildman–Crippen LogP) is 1.90. The molecule has 1 atom stereocenters. The van der Waals surface area contributed by atoms with Crippen LogP contribution in [0.2, 0.25) is 0 Å². The van der Waals surface area contributed by atoms with Gasteiger partial charge in [-0.2, -0.15) is 13.2 Å². The van der Waals surface area contributed by atoms with Crippen LogP contribution in [0, 0.1) is 5.92 Å². The summed E-state index contributed by atoms with van der Waals surface area (Å²) in [5.74, 6) is 0.436. The molecule has 0 spiro atoms. The van der Waals surface area contributed by atoms with Crippen molar-refractivity contribution in [2.75, 3.05) is 19.6 Å². The Morgan fingerprint density at radius 3 is 2.50 bits per heavy atom. The first kappa shape index (κ1) is 13.7. The minimum absolute atomic E-state index is 0.152. The predicted molar refractivity (Wildman–Crippen MR) is 51.0 cm³/mol. The van der Waals surface area contributed by atoms with Crippen LogP contribution in [-0.2, 0) is 0 Å². The fourth-order valence-corrected chi connectivity index (χ4v) is 1.15. The van der Waals surface area contributed by atoms with Crippen molar-refractivity contribution in [1.82, 2.24) is 5.32 Å². The molecule has 0 aliphatic heterocycles. The van der Waals surface area contributed by atoms with Crippen LogP contribution < -0.4 is 11.1 Å². The quantitative estimate of drug-likeness (QED) is 0.632. The van der Waals surface area contributed by atoms with Crippen LogP contribution in [0.15, 0.2) is 0 Å². The average Bonchev–Trinajstić information content (AvgIpc) is 2.02. The van der Waals surface area contributed by atoms with Crippen molar-refractivity contribution < 1.29 is 13.2 Å². The molecule has 0 bridgehead atoms. The van der Waals surface area contributed by atoms with Crippen molar-refractivity contribution in [3.63, 3.8) is 0 Å². The average molecular weight is 212 g/mol. The lowest BCUT2D eigenvalue weighted by molar-refractivity contribution is -0.135. The first-order valence-corrected chi connectivity index (χ1v) is 4.93. The maximum atomic E-state index is 11.7. The first-order chi connectivity index (χ1) is 6.45. The van der Waals surface area contributed by atoms with Crippen LogP contribution >= 0.6 is 0 Å². The fraction of sp³-hybridized carbons (Fsp3) is 1.00. The highest BCUT2D eigenvalue weighted by Crippen LogP contribution is 2.20. The topological polar surface area (TPSA) is 38.0 Å². The summed E-state index contributed by atoms with van der Waals surface area (Å²) in [6.45, 7) is 3.83. The van der Waals surface area contributed by atoms with Gasteiger partial charge in [0.05, 0.1) is 0 Å². The molecule has 86 valence electrons. The van der Waals surface area contributed by atoms with E-state index in [4.69, 9.17) is 5.73 Å². The van der Waals surface area contributed by atoms with Gasteiger partial charge in [-0.25, -0.2) is 0 Å². The van der Waals surface area contributed by atoms with Gasteiger partial charge in [-0.15, -0.1) is 0 Å². The van der Waals surface area contributed by atoms with E-state index in [1.54, 1.807) is 0 Å². The third-order valence-electron chi connectivity index (χ3n) is 1.97. The zero-order valence-corrected chi connectivity index (χ0v) is 8.53.